The number of halogens is 2. The standard InChI is InChI=1S/C12H9Br2N3O3/c1-19-8-5-16-10(12(17-8)20-2)11(18)9-7(14)3-6(13)4-15-9/h3-5H,1-2H3. The minimum atomic E-state index is -0.392. The van der Waals surface area contributed by atoms with Crippen LogP contribution in [-0.2, 0) is 0 Å². The smallest absolute Gasteiger partial charge is 0.247 e. The molecule has 0 aliphatic rings. The molecule has 2 aromatic rings. The van der Waals surface area contributed by atoms with Gasteiger partial charge in [0.1, 0.15) is 5.69 Å². The topological polar surface area (TPSA) is 74.2 Å². The highest BCUT2D eigenvalue weighted by Gasteiger charge is 2.22. The van der Waals surface area contributed by atoms with Gasteiger partial charge in [-0.1, -0.05) is 0 Å². The molecule has 0 bridgehead atoms. The average Bonchev–Trinajstić information content (AvgIpc) is 2.46. The Bertz CT molecular complexity index is 664. The van der Waals surface area contributed by atoms with Crippen LogP contribution in [-0.4, -0.2) is 35.0 Å². The Labute approximate surface area is 131 Å². The molecule has 0 aromatic carbocycles. The van der Waals surface area contributed by atoms with E-state index in [1.807, 2.05) is 0 Å². The first-order valence-corrected chi connectivity index (χ1v) is 6.96. The summed E-state index contributed by atoms with van der Waals surface area (Å²) in [7, 11) is 2.86. The summed E-state index contributed by atoms with van der Waals surface area (Å²) in [4.78, 5) is 24.5. The number of hydrogen-bond acceptors (Lipinski definition) is 6. The largest absolute Gasteiger partial charge is 0.480 e. The number of rotatable bonds is 4. The molecule has 0 atom stereocenters. The number of pyridine rings is 1. The van der Waals surface area contributed by atoms with Crippen LogP contribution in [0, 0.1) is 0 Å². The maximum atomic E-state index is 12.4. The number of carbonyl (C=O) groups excluding carboxylic acids is 1. The molecule has 0 saturated carbocycles. The molecule has 0 aliphatic heterocycles. The lowest BCUT2D eigenvalue weighted by molar-refractivity contribution is 0.102. The fourth-order valence-electron chi connectivity index (χ4n) is 1.45. The quantitative estimate of drug-likeness (QED) is 0.732. The van der Waals surface area contributed by atoms with Gasteiger partial charge in [-0.15, -0.1) is 0 Å². The number of aromatic nitrogens is 3. The van der Waals surface area contributed by atoms with Crippen LogP contribution in [0.4, 0.5) is 0 Å². The second-order valence-electron chi connectivity index (χ2n) is 3.58. The van der Waals surface area contributed by atoms with Crippen molar-refractivity contribution in [3.05, 3.63) is 38.8 Å². The van der Waals surface area contributed by atoms with Crippen molar-refractivity contribution in [3.8, 4) is 11.8 Å². The van der Waals surface area contributed by atoms with E-state index in [4.69, 9.17) is 9.47 Å². The lowest BCUT2D eigenvalue weighted by atomic mass is 10.2. The lowest BCUT2D eigenvalue weighted by Crippen LogP contribution is -2.11. The molecular weight excluding hydrogens is 394 g/mol. The summed E-state index contributed by atoms with van der Waals surface area (Å²) in [5.74, 6) is -0.0384. The normalized spacial score (nSPS) is 10.2. The molecule has 104 valence electrons. The summed E-state index contributed by atoms with van der Waals surface area (Å²) in [6.07, 6.45) is 2.88. The minimum absolute atomic E-state index is 0.0730. The van der Waals surface area contributed by atoms with E-state index in [-0.39, 0.29) is 23.1 Å². The van der Waals surface area contributed by atoms with Crippen molar-refractivity contribution >= 4 is 37.6 Å². The number of ketones is 1. The van der Waals surface area contributed by atoms with E-state index in [9.17, 15) is 4.79 Å². The summed E-state index contributed by atoms with van der Waals surface area (Å²) in [5.41, 5.74) is 0.301. The molecule has 6 nitrogen and oxygen atoms in total. The van der Waals surface area contributed by atoms with Crippen LogP contribution in [0.25, 0.3) is 0 Å². The van der Waals surface area contributed by atoms with Crippen LogP contribution in [0.2, 0.25) is 0 Å². The summed E-state index contributed by atoms with van der Waals surface area (Å²) in [5, 5.41) is 0. The van der Waals surface area contributed by atoms with Crippen molar-refractivity contribution in [2.45, 2.75) is 0 Å². The van der Waals surface area contributed by atoms with E-state index >= 15 is 0 Å². The molecule has 0 fully saturated rings. The van der Waals surface area contributed by atoms with Gasteiger partial charge in [0.25, 0.3) is 0 Å². The van der Waals surface area contributed by atoms with E-state index in [0.29, 0.717) is 4.47 Å². The second-order valence-corrected chi connectivity index (χ2v) is 5.35. The van der Waals surface area contributed by atoms with Gasteiger partial charge in [-0.25, -0.2) is 4.98 Å². The third-order valence-electron chi connectivity index (χ3n) is 2.36. The molecule has 20 heavy (non-hydrogen) atoms. The fourth-order valence-corrected chi connectivity index (χ4v) is 2.61. The van der Waals surface area contributed by atoms with Crippen molar-refractivity contribution < 1.29 is 14.3 Å². The Morgan fingerprint density at radius 3 is 2.40 bits per heavy atom. The van der Waals surface area contributed by atoms with Gasteiger partial charge in [0.2, 0.25) is 17.5 Å². The molecule has 0 unspecified atom stereocenters. The SMILES string of the molecule is COc1cnc(C(=O)c2ncc(Br)cc2Br)c(OC)n1. The number of methoxy groups -OCH3 is 2. The zero-order valence-corrected chi connectivity index (χ0v) is 13.7. The summed E-state index contributed by atoms with van der Waals surface area (Å²) >= 11 is 6.57. The van der Waals surface area contributed by atoms with Gasteiger partial charge < -0.3 is 9.47 Å². The number of hydrogen-bond donors (Lipinski definition) is 0. The van der Waals surface area contributed by atoms with Crippen molar-refractivity contribution in [2.75, 3.05) is 14.2 Å². The van der Waals surface area contributed by atoms with E-state index < -0.39 is 5.78 Å². The Morgan fingerprint density at radius 1 is 1.10 bits per heavy atom. The highest BCUT2D eigenvalue weighted by atomic mass is 79.9. The van der Waals surface area contributed by atoms with E-state index in [0.717, 1.165) is 4.47 Å². The summed E-state index contributed by atoms with van der Waals surface area (Å²) < 4.78 is 11.3. The maximum Gasteiger partial charge on any atom is 0.247 e. The zero-order valence-electron chi connectivity index (χ0n) is 10.6. The number of nitrogens with zero attached hydrogens (tertiary/aromatic N) is 3. The van der Waals surface area contributed by atoms with Crippen LogP contribution in [0.1, 0.15) is 16.2 Å². The third kappa shape index (κ3) is 2.96. The van der Waals surface area contributed by atoms with Crippen LogP contribution in [0.5, 0.6) is 11.8 Å². The molecule has 0 radical (unpaired) electrons. The Balaban J connectivity index is 2.47. The molecule has 2 aromatic heterocycles. The zero-order chi connectivity index (χ0) is 14.7. The number of carbonyl (C=O) groups is 1. The number of ether oxygens (including phenoxy) is 2. The molecule has 2 heterocycles. The summed E-state index contributed by atoms with van der Waals surface area (Å²) in [6.45, 7) is 0. The van der Waals surface area contributed by atoms with Crippen molar-refractivity contribution in [1.82, 2.24) is 15.0 Å². The predicted octanol–water partition coefficient (Wildman–Crippen LogP) is 2.64. The van der Waals surface area contributed by atoms with Gasteiger partial charge in [-0.05, 0) is 37.9 Å². The van der Waals surface area contributed by atoms with Gasteiger partial charge >= 0.3 is 0 Å². The molecule has 0 spiro atoms. The van der Waals surface area contributed by atoms with Crippen LogP contribution < -0.4 is 9.47 Å². The highest BCUT2D eigenvalue weighted by Crippen LogP contribution is 2.25. The van der Waals surface area contributed by atoms with E-state index in [1.54, 1.807) is 6.07 Å². The molecular formula is C12H9Br2N3O3. The average molecular weight is 403 g/mol. The van der Waals surface area contributed by atoms with Crippen LogP contribution in [0.15, 0.2) is 27.4 Å². The molecule has 0 N–H and O–H groups in total. The Kier molecular flexibility index (Phi) is 4.66. The Morgan fingerprint density at radius 2 is 1.80 bits per heavy atom. The van der Waals surface area contributed by atoms with Gasteiger partial charge in [-0.3, -0.25) is 9.78 Å². The van der Waals surface area contributed by atoms with Crippen molar-refractivity contribution in [3.63, 3.8) is 0 Å². The van der Waals surface area contributed by atoms with E-state index in [2.05, 4.69) is 46.8 Å². The van der Waals surface area contributed by atoms with Crippen molar-refractivity contribution in [1.29, 1.82) is 0 Å². The monoisotopic (exact) mass is 401 g/mol. The molecule has 0 amide bonds. The first kappa shape index (κ1) is 14.9. The van der Waals surface area contributed by atoms with Gasteiger partial charge in [-0.2, -0.15) is 4.98 Å². The maximum absolute atomic E-state index is 12.4. The van der Waals surface area contributed by atoms with Crippen molar-refractivity contribution in [2.24, 2.45) is 0 Å². The van der Waals surface area contributed by atoms with E-state index in [1.165, 1.54) is 26.6 Å². The fraction of sp³-hybridized carbons (Fsp3) is 0.167. The minimum Gasteiger partial charge on any atom is -0.480 e. The van der Waals surface area contributed by atoms with Crippen LogP contribution in [0.3, 0.4) is 0 Å². The third-order valence-corrected chi connectivity index (χ3v) is 3.40. The molecule has 8 heteroatoms. The van der Waals surface area contributed by atoms with Gasteiger partial charge in [0.05, 0.1) is 20.4 Å². The second kappa shape index (κ2) is 6.27. The highest BCUT2D eigenvalue weighted by molar-refractivity contribution is 9.11. The van der Waals surface area contributed by atoms with Gasteiger partial charge in [0.15, 0.2) is 5.69 Å². The molecule has 0 saturated heterocycles. The molecule has 2 rings (SSSR count). The Hall–Kier alpha value is -1.54. The van der Waals surface area contributed by atoms with Crippen LogP contribution >= 0.6 is 31.9 Å². The lowest BCUT2D eigenvalue weighted by Gasteiger charge is -2.08. The summed E-state index contributed by atoms with van der Waals surface area (Å²) in [6, 6.07) is 1.73. The first-order chi connectivity index (χ1) is 9.56. The first-order valence-electron chi connectivity index (χ1n) is 5.37. The van der Waals surface area contributed by atoms with Gasteiger partial charge in [0, 0.05) is 15.1 Å². The molecule has 0 aliphatic carbocycles. The predicted molar refractivity (Wildman–Crippen MR) is 78.2 cm³/mol.